The summed E-state index contributed by atoms with van der Waals surface area (Å²) in [5.74, 6) is -0.419. The summed E-state index contributed by atoms with van der Waals surface area (Å²) in [6.07, 6.45) is 1.41. The fourth-order valence-electron chi connectivity index (χ4n) is 3.21. The number of carbonyl (C=O) groups excluding carboxylic acids is 1. The number of aromatic nitrogens is 4. The van der Waals surface area contributed by atoms with Gasteiger partial charge in [-0.3, -0.25) is 4.79 Å². The fraction of sp³-hybridized carbons (Fsp3) is 0.217. The van der Waals surface area contributed by atoms with E-state index in [-0.39, 0.29) is 11.4 Å². The summed E-state index contributed by atoms with van der Waals surface area (Å²) in [4.78, 5) is 21.5. The topological polar surface area (TPSA) is 72.7 Å². The first kappa shape index (κ1) is 19.7. The maximum Gasteiger partial charge on any atom is 0.256 e. The second-order valence-electron chi connectivity index (χ2n) is 8.18. The molecule has 2 aromatic carbocycles. The Bertz CT molecular complexity index is 1220. The molecule has 0 aliphatic heterocycles. The number of anilines is 1. The summed E-state index contributed by atoms with van der Waals surface area (Å²) in [5, 5.41) is 8.33. The minimum absolute atomic E-state index is 0.326. The Kier molecular flexibility index (Phi) is 4.81. The van der Waals surface area contributed by atoms with E-state index >= 15 is 0 Å². The van der Waals surface area contributed by atoms with Crippen LogP contribution in [0, 0.1) is 12.7 Å². The van der Waals surface area contributed by atoms with E-state index in [0.29, 0.717) is 28.1 Å². The molecule has 7 heteroatoms. The molecule has 0 saturated heterocycles. The van der Waals surface area contributed by atoms with Crippen LogP contribution in [-0.2, 0) is 5.54 Å². The van der Waals surface area contributed by atoms with Crippen molar-refractivity contribution in [1.82, 2.24) is 19.7 Å². The van der Waals surface area contributed by atoms with Gasteiger partial charge in [-0.05, 0) is 52.0 Å². The highest BCUT2D eigenvalue weighted by Gasteiger charge is 2.25. The van der Waals surface area contributed by atoms with E-state index in [9.17, 15) is 9.18 Å². The molecule has 0 unspecified atom stereocenters. The molecule has 0 aliphatic carbocycles. The van der Waals surface area contributed by atoms with E-state index < -0.39 is 5.82 Å². The molecule has 0 aliphatic rings. The van der Waals surface area contributed by atoms with Crippen LogP contribution < -0.4 is 5.32 Å². The third-order valence-electron chi connectivity index (χ3n) is 4.76. The first-order chi connectivity index (χ1) is 14.2. The molecule has 2 aromatic heterocycles. The van der Waals surface area contributed by atoms with Crippen molar-refractivity contribution in [2.24, 2.45) is 0 Å². The zero-order valence-electron chi connectivity index (χ0n) is 17.3. The van der Waals surface area contributed by atoms with Gasteiger partial charge in [-0.15, -0.1) is 0 Å². The number of benzene rings is 2. The van der Waals surface area contributed by atoms with Crippen LogP contribution in [0.4, 0.5) is 10.2 Å². The SMILES string of the molecule is Cc1ccc(-c2nn(C(C)(C)C)c3ncnc(NC(=O)c4ccc(F)cc4)c23)cc1. The molecule has 2 heterocycles. The lowest BCUT2D eigenvalue weighted by Crippen LogP contribution is -2.23. The van der Waals surface area contributed by atoms with E-state index in [0.717, 1.165) is 11.1 Å². The van der Waals surface area contributed by atoms with Crippen LogP contribution in [0.2, 0.25) is 0 Å². The highest BCUT2D eigenvalue weighted by atomic mass is 19.1. The highest BCUT2D eigenvalue weighted by Crippen LogP contribution is 2.34. The van der Waals surface area contributed by atoms with Crippen LogP contribution in [0.25, 0.3) is 22.3 Å². The summed E-state index contributed by atoms with van der Waals surface area (Å²) in [6, 6.07) is 13.4. The van der Waals surface area contributed by atoms with Crippen molar-refractivity contribution in [2.45, 2.75) is 33.2 Å². The average Bonchev–Trinajstić information content (AvgIpc) is 3.10. The van der Waals surface area contributed by atoms with Crippen molar-refractivity contribution in [2.75, 3.05) is 5.32 Å². The number of rotatable bonds is 3. The molecule has 4 rings (SSSR count). The summed E-state index contributed by atoms with van der Waals surface area (Å²) >= 11 is 0. The zero-order valence-corrected chi connectivity index (χ0v) is 17.3. The van der Waals surface area contributed by atoms with E-state index in [1.54, 1.807) is 0 Å². The lowest BCUT2D eigenvalue weighted by Gasteiger charge is -2.19. The quantitative estimate of drug-likeness (QED) is 0.525. The normalized spacial score (nSPS) is 11.6. The van der Waals surface area contributed by atoms with Gasteiger partial charge in [0.05, 0.1) is 10.9 Å². The van der Waals surface area contributed by atoms with Crippen molar-refractivity contribution >= 4 is 22.8 Å². The van der Waals surface area contributed by atoms with Crippen molar-refractivity contribution in [3.63, 3.8) is 0 Å². The number of amides is 1. The zero-order chi connectivity index (χ0) is 21.5. The molecule has 4 aromatic rings. The third-order valence-corrected chi connectivity index (χ3v) is 4.76. The number of fused-ring (bicyclic) bond motifs is 1. The van der Waals surface area contributed by atoms with Gasteiger partial charge in [-0.2, -0.15) is 5.10 Å². The molecule has 0 saturated carbocycles. The van der Waals surface area contributed by atoms with Crippen LogP contribution in [0.3, 0.4) is 0 Å². The second kappa shape index (κ2) is 7.33. The summed E-state index contributed by atoms with van der Waals surface area (Å²) in [7, 11) is 0. The van der Waals surface area contributed by atoms with Gasteiger partial charge in [0.15, 0.2) is 5.65 Å². The molecule has 30 heavy (non-hydrogen) atoms. The van der Waals surface area contributed by atoms with Crippen molar-refractivity contribution in [3.05, 3.63) is 71.8 Å². The van der Waals surface area contributed by atoms with E-state index in [1.807, 2.05) is 56.6 Å². The monoisotopic (exact) mass is 403 g/mol. The fourth-order valence-corrected chi connectivity index (χ4v) is 3.21. The first-order valence-corrected chi connectivity index (χ1v) is 9.62. The van der Waals surface area contributed by atoms with E-state index in [4.69, 9.17) is 5.10 Å². The lowest BCUT2D eigenvalue weighted by molar-refractivity contribution is 0.102. The van der Waals surface area contributed by atoms with Crippen LogP contribution in [-0.4, -0.2) is 25.7 Å². The average molecular weight is 403 g/mol. The highest BCUT2D eigenvalue weighted by molar-refractivity contribution is 6.10. The Balaban J connectivity index is 1.87. The predicted octanol–water partition coefficient (Wildman–Crippen LogP) is 4.95. The van der Waals surface area contributed by atoms with Crippen molar-refractivity contribution in [3.8, 4) is 11.3 Å². The predicted molar refractivity (Wildman–Crippen MR) is 115 cm³/mol. The van der Waals surface area contributed by atoms with E-state index in [1.165, 1.54) is 30.6 Å². The summed E-state index contributed by atoms with van der Waals surface area (Å²) in [6.45, 7) is 8.14. The molecule has 0 atom stereocenters. The minimum Gasteiger partial charge on any atom is -0.306 e. The van der Waals surface area contributed by atoms with Crippen LogP contribution in [0.15, 0.2) is 54.9 Å². The standard InChI is InChI=1S/C23H22FN5O/c1-14-5-7-15(8-6-14)19-18-20(27-22(30)16-9-11-17(24)12-10-16)25-13-26-21(18)29(28-19)23(2,3)4/h5-13H,1-4H3,(H,25,26,27,30). The van der Waals surface area contributed by atoms with Gasteiger partial charge in [0.1, 0.15) is 23.7 Å². The maximum atomic E-state index is 13.2. The van der Waals surface area contributed by atoms with Gasteiger partial charge in [0.25, 0.3) is 5.91 Å². The Morgan fingerprint density at radius 1 is 1.00 bits per heavy atom. The van der Waals surface area contributed by atoms with Gasteiger partial charge in [-0.1, -0.05) is 29.8 Å². The van der Waals surface area contributed by atoms with Gasteiger partial charge in [0.2, 0.25) is 0 Å². The summed E-state index contributed by atoms with van der Waals surface area (Å²) < 4.78 is 15.0. The number of halogens is 1. The smallest absolute Gasteiger partial charge is 0.256 e. The molecule has 152 valence electrons. The Morgan fingerprint density at radius 2 is 1.67 bits per heavy atom. The third kappa shape index (κ3) is 3.66. The molecule has 1 N–H and O–H groups in total. The molecule has 0 spiro atoms. The molecule has 0 radical (unpaired) electrons. The number of nitrogens with one attached hydrogen (secondary N) is 1. The second-order valence-corrected chi connectivity index (χ2v) is 8.18. The van der Waals surface area contributed by atoms with Crippen LogP contribution in [0.5, 0.6) is 0 Å². The Morgan fingerprint density at radius 3 is 2.30 bits per heavy atom. The number of nitrogens with zero attached hydrogens (tertiary/aromatic N) is 4. The van der Waals surface area contributed by atoms with Crippen LogP contribution >= 0.6 is 0 Å². The number of hydrogen-bond acceptors (Lipinski definition) is 4. The van der Waals surface area contributed by atoms with Crippen LogP contribution in [0.1, 0.15) is 36.7 Å². The maximum absolute atomic E-state index is 13.2. The van der Waals surface area contributed by atoms with Gasteiger partial charge in [0, 0.05) is 11.1 Å². The first-order valence-electron chi connectivity index (χ1n) is 9.62. The van der Waals surface area contributed by atoms with Crippen molar-refractivity contribution < 1.29 is 9.18 Å². The van der Waals surface area contributed by atoms with Crippen molar-refractivity contribution in [1.29, 1.82) is 0 Å². The Labute approximate surface area is 173 Å². The van der Waals surface area contributed by atoms with Gasteiger partial charge >= 0.3 is 0 Å². The largest absolute Gasteiger partial charge is 0.306 e. The molecule has 0 bridgehead atoms. The van der Waals surface area contributed by atoms with E-state index in [2.05, 4.69) is 15.3 Å². The molecule has 0 fully saturated rings. The van der Waals surface area contributed by atoms with Gasteiger partial charge in [-0.25, -0.2) is 19.0 Å². The number of carbonyl (C=O) groups is 1. The number of hydrogen-bond donors (Lipinski definition) is 1. The lowest BCUT2D eigenvalue weighted by atomic mass is 10.1. The molecule has 6 nitrogen and oxygen atoms in total. The summed E-state index contributed by atoms with van der Waals surface area (Å²) in [5.41, 5.74) is 3.37. The molecular weight excluding hydrogens is 381 g/mol. The number of aryl methyl sites for hydroxylation is 1. The molecule has 1 amide bonds. The molecular formula is C23H22FN5O. The Hall–Kier alpha value is -3.61. The minimum atomic E-state index is -0.399. The van der Waals surface area contributed by atoms with Gasteiger partial charge < -0.3 is 5.32 Å².